The van der Waals surface area contributed by atoms with E-state index in [9.17, 15) is 4.39 Å². The van der Waals surface area contributed by atoms with Crippen LogP contribution in [0.2, 0.25) is 0 Å². The van der Waals surface area contributed by atoms with Crippen LogP contribution >= 0.6 is 15.9 Å². The lowest BCUT2D eigenvalue weighted by Crippen LogP contribution is -2.22. The molecule has 0 saturated heterocycles. The van der Waals surface area contributed by atoms with Gasteiger partial charge in [-0.3, -0.25) is 0 Å². The van der Waals surface area contributed by atoms with E-state index in [4.69, 9.17) is 4.42 Å². The van der Waals surface area contributed by atoms with Crippen molar-refractivity contribution >= 4 is 26.9 Å². The molecule has 2 rings (SSSR count). The van der Waals surface area contributed by atoms with E-state index in [0.29, 0.717) is 28.6 Å². The highest BCUT2D eigenvalue weighted by Crippen LogP contribution is 2.32. The maximum Gasteiger partial charge on any atom is 0.141 e. The lowest BCUT2D eigenvalue weighted by atomic mass is 9.99. The molecular formula is C16H21BrFNO. The van der Waals surface area contributed by atoms with Gasteiger partial charge in [-0.1, -0.05) is 27.7 Å². The molecule has 0 bridgehead atoms. The van der Waals surface area contributed by atoms with Gasteiger partial charge in [-0.05, 0) is 34.3 Å². The Hall–Kier alpha value is -0.870. The maximum absolute atomic E-state index is 13.6. The third kappa shape index (κ3) is 3.41. The molecule has 0 unspecified atom stereocenters. The van der Waals surface area contributed by atoms with E-state index < -0.39 is 0 Å². The molecule has 1 aromatic carbocycles. The van der Waals surface area contributed by atoms with E-state index in [-0.39, 0.29) is 5.82 Å². The first-order valence-corrected chi connectivity index (χ1v) is 7.80. The molecule has 0 radical (unpaired) electrons. The molecule has 0 saturated carbocycles. The van der Waals surface area contributed by atoms with Gasteiger partial charge in [0.15, 0.2) is 0 Å². The van der Waals surface area contributed by atoms with Gasteiger partial charge < -0.3 is 9.73 Å². The van der Waals surface area contributed by atoms with Crippen LogP contribution < -0.4 is 5.32 Å². The zero-order valence-electron chi connectivity index (χ0n) is 12.4. The molecule has 0 spiro atoms. The Morgan fingerprint density at radius 2 is 1.95 bits per heavy atom. The molecular weight excluding hydrogens is 321 g/mol. The van der Waals surface area contributed by atoms with Gasteiger partial charge in [0, 0.05) is 23.1 Å². The third-order valence-corrected chi connectivity index (χ3v) is 3.81. The van der Waals surface area contributed by atoms with Crippen molar-refractivity contribution in [1.82, 2.24) is 5.32 Å². The van der Waals surface area contributed by atoms with E-state index in [1.807, 2.05) is 6.07 Å². The molecule has 1 aromatic heterocycles. The van der Waals surface area contributed by atoms with Gasteiger partial charge in [-0.15, -0.1) is 0 Å². The second-order valence-electron chi connectivity index (χ2n) is 5.90. The SMILES string of the molecule is CC(C)Cc1c(CNC(C)C)oc2cc(F)c(Br)cc12. The standard InChI is InChI=1S/C16H21BrFNO/c1-9(2)5-11-12-6-13(17)14(18)7-15(12)20-16(11)8-19-10(3)4/h6-7,9-10,19H,5,8H2,1-4H3. The van der Waals surface area contributed by atoms with Crippen LogP contribution in [-0.4, -0.2) is 6.04 Å². The molecule has 1 N–H and O–H groups in total. The molecule has 2 aromatic rings. The van der Waals surface area contributed by atoms with Crippen LogP contribution in [0.15, 0.2) is 21.0 Å². The molecule has 0 aliphatic rings. The van der Waals surface area contributed by atoms with Crippen molar-refractivity contribution in [2.45, 2.75) is 46.7 Å². The Bertz CT molecular complexity index is 604. The Kier molecular flexibility index (Phi) is 4.86. The quantitative estimate of drug-likeness (QED) is 0.824. The summed E-state index contributed by atoms with van der Waals surface area (Å²) in [7, 11) is 0. The zero-order chi connectivity index (χ0) is 14.9. The van der Waals surface area contributed by atoms with E-state index in [0.717, 1.165) is 17.6 Å². The van der Waals surface area contributed by atoms with E-state index >= 15 is 0 Å². The summed E-state index contributed by atoms with van der Waals surface area (Å²) < 4.78 is 20.0. The van der Waals surface area contributed by atoms with Gasteiger partial charge in [0.2, 0.25) is 0 Å². The fourth-order valence-electron chi connectivity index (χ4n) is 2.27. The Balaban J connectivity index is 2.48. The predicted octanol–water partition coefficient (Wildman–Crippen LogP) is 5.03. The highest BCUT2D eigenvalue weighted by atomic mass is 79.9. The molecule has 0 aliphatic heterocycles. The first-order chi connectivity index (χ1) is 9.38. The second kappa shape index (κ2) is 6.27. The first-order valence-electron chi connectivity index (χ1n) is 7.01. The average Bonchev–Trinajstić information content (AvgIpc) is 2.65. The zero-order valence-corrected chi connectivity index (χ0v) is 14.0. The van der Waals surface area contributed by atoms with Crippen molar-refractivity contribution < 1.29 is 8.81 Å². The van der Waals surface area contributed by atoms with E-state index in [2.05, 4.69) is 48.9 Å². The molecule has 0 atom stereocenters. The van der Waals surface area contributed by atoms with Crippen LogP contribution in [0.25, 0.3) is 11.0 Å². The number of hydrogen-bond acceptors (Lipinski definition) is 2. The normalized spacial score (nSPS) is 12.0. The first kappa shape index (κ1) is 15.5. The van der Waals surface area contributed by atoms with Gasteiger partial charge in [0.05, 0.1) is 11.0 Å². The monoisotopic (exact) mass is 341 g/mol. The molecule has 0 amide bonds. The Labute approximate surface area is 127 Å². The number of furan rings is 1. The van der Waals surface area contributed by atoms with Crippen LogP contribution in [0.3, 0.4) is 0 Å². The van der Waals surface area contributed by atoms with Crippen molar-refractivity contribution in [2.24, 2.45) is 5.92 Å². The number of hydrogen-bond donors (Lipinski definition) is 1. The fourth-order valence-corrected chi connectivity index (χ4v) is 2.61. The molecule has 1 heterocycles. The number of nitrogens with one attached hydrogen (secondary N) is 1. The number of benzene rings is 1. The number of rotatable bonds is 5. The lowest BCUT2D eigenvalue weighted by Gasteiger charge is -2.09. The van der Waals surface area contributed by atoms with Crippen LogP contribution in [0.4, 0.5) is 4.39 Å². The van der Waals surface area contributed by atoms with Gasteiger partial charge in [0.1, 0.15) is 17.2 Å². The highest BCUT2D eigenvalue weighted by Gasteiger charge is 2.17. The molecule has 4 heteroatoms. The predicted molar refractivity (Wildman–Crippen MR) is 84.4 cm³/mol. The summed E-state index contributed by atoms with van der Waals surface area (Å²) in [6, 6.07) is 3.67. The Morgan fingerprint density at radius 3 is 2.55 bits per heavy atom. The van der Waals surface area contributed by atoms with Crippen LogP contribution in [0, 0.1) is 11.7 Å². The number of halogens is 2. The van der Waals surface area contributed by atoms with Crippen LogP contribution in [-0.2, 0) is 13.0 Å². The molecule has 20 heavy (non-hydrogen) atoms. The van der Waals surface area contributed by atoms with Crippen molar-refractivity contribution in [2.75, 3.05) is 0 Å². The van der Waals surface area contributed by atoms with Gasteiger partial charge in [-0.2, -0.15) is 0 Å². The van der Waals surface area contributed by atoms with Crippen LogP contribution in [0.1, 0.15) is 39.0 Å². The van der Waals surface area contributed by atoms with E-state index in [1.165, 1.54) is 11.6 Å². The average molecular weight is 342 g/mol. The minimum Gasteiger partial charge on any atom is -0.459 e. The molecule has 0 aliphatic carbocycles. The topological polar surface area (TPSA) is 25.2 Å². The molecule has 2 nitrogen and oxygen atoms in total. The summed E-state index contributed by atoms with van der Waals surface area (Å²) in [6.07, 6.45) is 0.931. The van der Waals surface area contributed by atoms with E-state index in [1.54, 1.807) is 0 Å². The van der Waals surface area contributed by atoms with Gasteiger partial charge >= 0.3 is 0 Å². The summed E-state index contributed by atoms with van der Waals surface area (Å²) in [5, 5.41) is 4.37. The van der Waals surface area contributed by atoms with Gasteiger partial charge in [-0.25, -0.2) is 4.39 Å². The van der Waals surface area contributed by atoms with Crippen molar-refractivity contribution in [3.63, 3.8) is 0 Å². The highest BCUT2D eigenvalue weighted by molar-refractivity contribution is 9.10. The van der Waals surface area contributed by atoms with Crippen molar-refractivity contribution in [3.8, 4) is 0 Å². The van der Waals surface area contributed by atoms with Gasteiger partial charge in [0.25, 0.3) is 0 Å². The summed E-state index contributed by atoms with van der Waals surface area (Å²) in [6.45, 7) is 9.23. The largest absolute Gasteiger partial charge is 0.459 e. The molecule has 0 fully saturated rings. The Morgan fingerprint density at radius 1 is 1.25 bits per heavy atom. The van der Waals surface area contributed by atoms with Crippen LogP contribution in [0.5, 0.6) is 0 Å². The maximum atomic E-state index is 13.6. The fraction of sp³-hybridized carbons (Fsp3) is 0.500. The minimum absolute atomic E-state index is 0.286. The summed E-state index contributed by atoms with van der Waals surface area (Å²) in [4.78, 5) is 0. The minimum atomic E-state index is -0.286. The third-order valence-electron chi connectivity index (χ3n) is 3.20. The summed E-state index contributed by atoms with van der Waals surface area (Å²) in [5.74, 6) is 1.16. The lowest BCUT2D eigenvalue weighted by molar-refractivity contribution is 0.477. The van der Waals surface area contributed by atoms with Crippen molar-refractivity contribution in [1.29, 1.82) is 0 Å². The smallest absolute Gasteiger partial charge is 0.141 e. The second-order valence-corrected chi connectivity index (χ2v) is 6.75. The molecule has 110 valence electrons. The van der Waals surface area contributed by atoms with Crippen molar-refractivity contribution in [3.05, 3.63) is 33.7 Å². The summed E-state index contributed by atoms with van der Waals surface area (Å²) in [5.41, 5.74) is 1.81. The summed E-state index contributed by atoms with van der Waals surface area (Å²) >= 11 is 3.26. The number of fused-ring (bicyclic) bond motifs is 1.